The number of amides is 2. The van der Waals surface area contributed by atoms with E-state index in [2.05, 4.69) is 46.9 Å². The Kier molecular flexibility index (Phi) is 7.46. The summed E-state index contributed by atoms with van der Waals surface area (Å²) in [5.41, 5.74) is 1.64. The van der Waals surface area contributed by atoms with Gasteiger partial charge in [0.05, 0.1) is 6.54 Å². The normalized spacial score (nSPS) is 15.5. The molecule has 30 heavy (non-hydrogen) atoms. The first-order valence-electron chi connectivity index (χ1n) is 10.1. The quantitative estimate of drug-likeness (QED) is 0.486. The van der Waals surface area contributed by atoms with Crippen molar-refractivity contribution in [2.24, 2.45) is 4.99 Å². The van der Waals surface area contributed by atoms with Gasteiger partial charge in [0.15, 0.2) is 5.96 Å². The minimum atomic E-state index is -0.113. The Labute approximate surface area is 181 Å². The molecule has 2 heterocycles. The first-order chi connectivity index (χ1) is 14.4. The first-order valence-corrected chi connectivity index (χ1v) is 10.9. The number of benzene rings is 1. The van der Waals surface area contributed by atoms with Gasteiger partial charge in [-0.05, 0) is 43.7 Å². The molecule has 1 aromatic carbocycles. The molecule has 3 N–H and O–H groups in total. The molecule has 1 atom stereocenters. The second kappa shape index (κ2) is 10.2. The van der Waals surface area contributed by atoms with Gasteiger partial charge in [-0.15, -0.1) is 11.3 Å². The summed E-state index contributed by atoms with van der Waals surface area (Å²) < 4.78 is 0. The molecule has 0 aliphatic carbocycles. The molecule has 0 spiro atoms. The van der Waals surface area contributed by atoms with E-state index in [1.807, 2.05) is 35.6 Å². The van der Waals surface area contributed by atoms with Crippen molar-refractivity contribution in [2.45, 2.75) is 32.9 Å². The SMILES string of the molecule is CN=C(NCc1ccc(C(=O)N2CCNC(=O)C2)cc1)NC(C)Cc1ccc(C)s1. The van der Waals surface area contributed by atoms with Crippen molar-refractivity contribution >= 4 is 29.1 Å². The van der Waals surface area contributed by atoms with Crippen LogP contribution in [0.15, 0.2) is 41.4 Å². The zero-order valence-electron chi connectivity index (χ0n) is 17.7. The smallest absolute Gasteiger partial charge is 0.254 e. The van der Waals surface area contributed by atoms with Crippen LogP contribution < -0.4 is 16.0 Å². The number of carbonyl (C=O) groups excluding carboxylic acids is 2. The van der Waals surface area contributed by atoms with Gasteiger partial charge < -0.3 is 20.9 Å². The molecule has 1 unspecified atom stereocenters. The standard InChI is InChI=1S/C22H29N5O2S/c1-15(12-19-9-4-16(2)30-19)26-22(23-3)25-13-17-5-7-18(8-6-17)21(29)27-11-10-24-20(28)14-27/h4-9,15H,10-14H2,1-3H3,(H,24,28)(H2,23,25,26). The van der Waals surface area contributed by atoms with Crippen LogP contribution in [0.2, 0.25) is 0 Å². The van der Waals surface area contributed by atoms with E-state index >= 15 is 0 Å². The second-order valence-electron chi connectivity index (χ2n) is 7.46. The lowest BCUT2D eigenvalue weighted by molar-refractivity contribution is -0.123. The number of piperazine rings is 1. The Balaban J connectivity index is 1.49. The third-order valence-electron chi connectivity index (χ3n) is 4.90. The highest BCUT2D eigenvalue weighted by Gasteiger charge is 2.22. The summed E-state index contributed by atoms with van der Waals surface area (Å²) in [6.07, 6.45) is 0.949. The van der Waals surface area contributed by atoms with Gasteiger partial charge >= 0.3 is 0 Å². The van der Waals surface area contributed by atoms with Crippen LogP contribution in [-0.4, -0.2) is 55.4 Å². The van der Waals surface area contributed by atoms with Gasteiger partial charge in [-0.25, -0.2) is 0 Å². The zero-order valence-corrected chi connectivity index (χ0v) is 18.5. The maximum Gasteiger partial charge on any atom is 0.254 e. The minimum absolute atomic E-state index is 0.112. The Bertz CT molecular complexity index is 907. The lowest BCUT2D eigenvalue weighted by Gasteiger charge is -2.26. The van der Waals surface area contributed by atoms with Crippen LogP contribution in [0.3, 0.4) is 0 Å². The van der Waals surface area contributed by atoms with Gasteiger partial charge in [-0.3, -0.25) is 14.6 Å². The molecule has 1 saturated heterocycles. The number of nitrogens with zero attached hydrogens (tertiary/aromatic N) is 2. The van der Waals surface area contributed by atoms with Crippen LogP contribution in [0.4, 0.5) is 0 Å². The summed E-state index contributed by atoms with van der Waals surface area (Å²) in [6, 6.07) is 12.1. The average Bonchev–Trinajstić information content (AvgIpc) is 3.15. The van der Waals surface area contributed by atoms with Gasteiger partial charge in [0.1, 0.15) is 0 Å². The highest BCUT2D eigenvalue weighted by atomic mass is 32.1. The van der Waals surface area contributed by atoms with Crippen molar-refractivity contribution < 1.29 is 9.59 Å². The third-order valence-corrected chi connectivity index (χ3v) is 5.92. The number of rotatable bonds is 6. The van der Waals surface area contributed by atoms with E-state index in [0.29, 0.717) is 25.2 Å². The van der Waals surface area contributed by atoms with Gasteiger partial charge in [0, 0.05) is 54.5 Å². The molecule has 0 bridgehead atoms. The fraction of sp³-hybridized carbons (Fsp3) is 0.409. The van der Waals surface area contributed by atoms with Gasteiger partial charge in [-0.1, -0.05) is 12.1 Å². The van der Waals surface area contributed by atoms with E-state index in [9.17, 15) is 9.59 Å². The number of aliphatic imine (C=N–C) groups is 1. The van der Waals surface area contributed by atoms with Crippen LogP contribution in [0, 0.1) is 6.92 Å². The van der Waals surface area contributed by atoms with Crippen LogP contribution in [0.5, 0.6) is 0 Å². The predicted molar refractivity (Wildman–Crippen MR) is 121 cm³/mol. The average molecular weight is 428 g/mol. The Morgan fingerprint density at radius 2 is 2.03 bits per heavy atom. The van der Waals surface area contributed by atoms with E-state index in [4.69, 9.17) is 0 Å². The van der Waals surface area contributed by atoms with E-state index in [0.717, 1.165) is 17.9 Å². The molecule has 1 fully saturated rings. The maximum absolute atomic E-state index is 12.5. The monoisotopic (exact) mass is 427 g/mol. The number of hydrogen-bond acceptors (Lipinski definition) is 4. The van der Waals surface area contributed by atoms with E-state index in [-0.39, 0.29) is 24.4 Å². The van der Waals surface area contributed by atoms with E-state index in [1.54, 1.807) is 11.9 Å². The fourth-order valence-electron chi connectivity index (χ4n) is 3.32. The third kappa shape index (κ3) is 6.06. The second-order valence-corrected chi connectivity index (χ2v) is 8.83. The fourth-order valence-corrected chi connectivity index (χ4v) is 4.34. The molecule has 2 amide bonds. The molecule has 1 aliphatic rings. The summed E-state index contributed by atoms with van der Waals surface area (Å²) in [7, 11) is 1.76. The summed E-state index contributed by atoms with van der Waals surface area (Å²) in [5, 5.41) is 9.47. The van der Waals surface area contributed by atoms with Crippen molar-refractivity contribution in [3.8, 4) is 0 Å². The lowest BCUT2D eigenvalue weighted by atomic mass is 10.1. The van der Waals surface area contributed by atoms with Crippen molar-refractivity contribution in [3.63, 3.8) is 0 Å². The highest BCUT2D eigenvalue weighted by molar-refractivity contribution is 7.11. The van der Waals surface area contributed by atoms with Crippen LogP contribution >= 0.6 is 11.3 Å². The first kappa shape index (κ1) is 21.8. The highest BCUT2D eigenvalue weighted by Crippen LogP contribution is 2.16. The van der Waals surface area contributed by atoms with Crippen molar-refractivity contribution in [1.29, 1.82) is 0 Å². The van der Waals surface area contributed by atoms with Gasteiger partial charge in [-0.2, -0.15) is 0 Å². The van der Waals surface area contributed by atoms with E-state index in [1.165, 1.54) is 9.75 Å². The topological polar surface area (TPSA) is 85.8 Å². The molecule has 8 heteroatoms. The Morgan fingerprint density at radius 1 is 1.27 bits per heavy atom. The van der Waals surface area contributed by atoms with Crippen LogP contribution in [0.1, 0.15) is 32.6 Å². The lowest BCUT2D eigenvalue weighted by Crippen LogP contribution is -2.49. The van der Waals surface area contributed by atoms with Crippen LogP contribution in [-0.2, 0) is 17.8 Å². The van der Waals surface area contributed by atoms with Gasteiger partial charge in [0.25, 0.3) is 5.91 Å². The molecular weight excluding hydrogens is 398 g/mol. The summed E-state index contributed by atoms with van der Waals surface area (Å²) in [6.45, 7) is 6.03. The Hall–Kier alpha value is -2.87. The summed E-state index contributed by atoms with van der Waals surface area (Å²) >= 11 is 1.82. The van der Waals surface area contributed by atoms with Gasteiger partial charge in [0.2, 0.25) is 5.91 Å². The largest absolute Gasteiger partial charge is 0.354 e. The Morgan fingerprint density at radius 3 is 2.67 bits per heavy atom. The molecule has 1 aliphatic heterocycles. The van der Waals surface area contributed by atoms with Crippen LogP contribution in [0.25, 0.3) is 0 Å². The summed E-state index contributed by atoms with van der Waals surface area (Å²) in [5.74, 6) is 0.521. The summed E-state index contributed by atoms with van der Waals surface area (Å²) in [4.78, 5) is 32.6. The molecule has 1 aromatic heterocycles. The zero-order chi connectivity index (χ0) is 21.5. The maximum atomic E-state index is 12.5. The molecule has 2 aromatic rings. The molecule has 0 saturated carbocycles. The predicted octanol–water partition coefficient (Wildman–Crippen LogP) is 1.92. The number of aryl methyl sites for hydroxylation is 1. The molecule has 3 rings (SSSR count). The number of hydrogen-bond donors (Lipinski definition) is 3. The molecule has 160 valence electrons. The van der Waals surface area contributed by atoms with E-state index < -0.39 is 0 Å². The number of guanidine groups is 1. The number of thiophene rings is 1. The van der Waals surface area contributed by atoms with Crippen molar-refractivity contribution in [2.75, 3.05) is 26.7 Å². The number of carbonyl (C=O) groups is 2. The van der Waals surface area contributed by atoms with Crippen molar-refractivity contribution in [3.05, 3.63) is 57.3 Å². The molecular formula is C22H29N5O2S. The number of nitrogens with one attached hydrogen (secondary N) is 3. The minimum Gasteiger partial charge on any atom is -0.354 e. The van der Waals surface area contributed by atoms with Crippen molar-refractivity contribution in [1.82, 2.24) is 20.9 Å². The molecule has 0 radical (unpaired) electrons. The molecule has 7 nitrogen and oxygen atoms in total.